The molecule has 2 heteroatoms. The molecule has 0 atom stereocenters. The molecule has 0 N–H and O–H groups in total. The predicted octanol–water partition coefficient (Wildman–Crippen LogP) is -0.0783. The van der Waals surface area contributed by atoms with Gasteiger partial charge in [-0.3, -0.25) is 0 Å². The second-order valence-corrected chi connectivity index (χ2v) is 3.41. The first-order chi connectivity index (χ1) is 2.91. The zero-order valence-corrected chi connectivity index (χ0v) is 6.24. The highest BCUT2D eigenvalue weighted by molar-refractivity contribution is 6.89. The van der Waals surface area contributed by atoms with Crippen LogP contribution in [0.25, 0.3) is 0 Å². The number of unbranched alkanes of at least 4 members (excludes halogenated alkanes) is 1. The van der Waals surface area contributed by atoms with Crippen LogP contribution in [0.5, 0.6) is 0 Å². The Labute approximate surface area is 43.5 Å². The summed E-state index contributed by atoms with van der Waals surface area (Å²) in [6.07, 6.45) is 2.86. The van der Waals surface area contributed by atoms with Gasteiger partial charge in [0, 0.05) is 0 Å². The molecule has 0 rings (SSSR count). The SMILES string of the molecule is B[SiH2]CCCC. The Morgan fingerprint density at radius 2 is 2.33 bits per heavy atom. The van der Waals surface area contributed by atoms with E-state index in [1.165, 1.54) is 12.8 Å². The fourth-order valence-corrected chi connectivity index (χ4v) is 1.50. The van der Waals surface area contributed by atoms with Crippen LogP contribution in [-0.4, -0.2) is 16.8 Å². The van der Waals surface area contributed by atoms with Crippen molar-refractivity contribution in [3.8, 4) is 0 Å². The molecular weight excluding hydrogens is 86.9 g/mol. The van der Waals surface area contributed by atoms with Crippen LogP contribution in [0.2, 0.25) is 6.04 Å². The van der Waals surface area contributed by atoms with Gasteiger partial charge in [0.25, 0.3) is 0 Å². The summed E-state index contributed by atoms with van der Waals surface area (Å²) < 4.78 is 0. The Kier molecular flexibility index (Phi) is 5.53. The average Bonchev–Trinajstić information content (AvgIpc) is 1.61. The van der Waals surface area contributed by atoms with Gasteiger partial charge in [-0.25, -0.2) is 0 Å². The zero-order chi connectivity index (χ0) is 4.83. The van der Waals surface area contributed by atoms with Gasteiger partial charge < -0.3 is 0 Å². The molecule has 0 spiro atoms. The van der Waals surface area contributed by atoms with Crippen molar-refractivity contribution >= 4 is 16.8 Å². The van der Waals surface area contributed by atoms with Crippen molar-refractivity contribution in [1.82, 2.24) is 0 Å². The van der Waals surface area contributed by atoms with Crippen molar-refractivity contribution in [2.24, 2.45) is 0 Å². The first-order valence-electron chi connectivity index (χ1n) is 2.91. The molecule has 0 fully saturated rings. The Morgan fingerprint density at radius 3 is 2.50 bits per heavy atom. The summed E-state index contributed by atoms with van der Waals surface area (Å²) in [7, 11) is 2.77. The second-order valence-electron chi connectivity index (χ2n) is 1.71. The first-order valence-corrected chi connectivity index (χ1v) is 5.33. The van der Waals surface area contributed by atoms with E-state index >= 15 is 0 Å². The summed E-state index contributed by atoms with van der Waals surface area (Å²) in [5, 5.41) is 0. The smallest absolute Gasteiger partial charge is 0.0695 e. The highest BCUT2D eigenvalue weighted by Gasteiger charge is 1.76. The van der Waals surface area contributed by atoms with Crippen LogP contribution < -0.4 is 0 Å². The van der Waals surface area contributed by atoms with Gasteiger partial charge in [-0.15, -0.1) is 0 Å². The lowest BCUT2D eigenvalue weighted by atomic mass is 10.4. The normalized spacial score (nSPS) is 10.8. The Hall–Kier alpha value is 0.282. The molecule has 0 aliphatic heterocycles. The standard InChI is InChI=1S/C4H13BSi/c1-2-3-4-6-5/h2-6H2,1H3. The minimum atomic E-state index is 0.403. The third-order valence-electron chi connectivity index (χ3n) is 0.957. The molecular formula is C4H13BSi. The quantitative estimate of drug-likeness (QED) is 0.344. The number of hydrogen-bond acceptors (Lipinski definition) is 0. The van der Waals surface area contributed by atoms with Crippen LogP contribution in [0.1, 0.15) is 19.8 Å². The van der Waals surface area contributed by atoms with E-state index < -0.39 is 0 Å². The van der Waals surface area contributed by atoms with E-state index in [9.17, 15) is 0 Å². The van der Waals surface area contributed by atoms with Crippen molar-refractivity contribution in [2.45, 2.75) is 25.8 Å². The molecule has 0 aromatic heterocycles. The van der Waals surface area contributed by atoms with Crippen LogP contribution in [0.3, 0.4) is 0 Å². The number of hydrogen-bond donors (Lipinski definition) is 0. The monoisotopic (exact) mass is 100 g/mol. The molecule has 0 aliphatic carbocycles. The van der Waals surface area contributed by atoms with Crippen molar-refractivity contribution in [3.63, 3.8) is 0 Å². The highest BCUT2D eigenvalue weighted by Crippen LogP contribution is 1.89. The third-order valence-corrected chi connectivity index (χ3v) is 2.16. The topological polar surface area (TPSA) is 0 Å². The van der Waals surface area contributed by atoms with Crippen LogP contribution in [-0.2, 0) is 0 Å². The molecule has 0 unspecified atom stereocenters. The largest absolute Gasteiger partial charge is 0.0891 e. The van der Waals surface area contributed by atoms with Gasteiger partial charge in [0.1, 0.15) is 0 Å². The van der Waals surface area contributed by atoms with Gasteiger partial charge in [-0.05, 0) is 9.39 Å². The Balaban J connectivity index is 2.34. The van der Waals surface area contributed by atoms with E-state index in [1.54, 1.807) is 6.04 Å². The van der Waals surface area contributed by atoms with Crippen LogP contribution in [0.4, 0.5) is 0 Å². The van der Waals surface area contributed by atoms with Gasteiger partial charge >= 0.3 is 0 Å². The fraction of sp³-hybridized carbons (Fsp3) is 1.00. The zero-order valence-electron chi connectivity index (χ0n) is 4.83. The van der Waals surface area contributed by atoms with Crippen molar-refractivity contribution in [3.05, 3.63) is 0 Å². The highest BCUT2D eigenvalue weighted by atomic mass is 28.2. The molecule has 0 saturated carbocycles. The molecule has 0 saturated heterocycles. The van der Waals surface area contributed by atoms with Crippen molar-refractivity contribution in [2.75, 3.05) is 0 Å². The van der Waals surface area contributed by atoms with Gasteiger partial charge in [0.15, 0.2) is 0 Å². The van der Waals surface area contributed by atoms with E-state index in [-0.39, 0.29) is 0 Å². The molecule has 0 aliphatic rings. The van der Waals surface area contributed by atoms with Crippen molar-refractivity contribution < 1.29 is 0 Å². The number of rotatable bonds is 3. The van der Waals surface area contributed by atoms with Gasteiger partial charge in [-0.1, -0.05) is 25.8 Å². The maximum Gasteiger partial charge on any atom is 0.0891 e. The van der Waals surface area contributed by atoms with E-state index in [1.807, 2.05) is 0 Å². The molecule has 36 valence electrons. The maximum atomic E-state index is 2.37. The summed E-state index contributed by atoms with van der Waals surface area (Å²) in [6.45, 7) is 2.25. The Bertz CT molecular complexity index is 19.5. The minimum absolute atomic E-state index is 0.403. The first kappa shape index (κ1) is 6.28. The molecule has 0 heterocycles. The van der Waals surface area contributed by atoms with Crippen LogP contribution >= 0.6 is 0 Å². The third kappa shape index (κ3) is 4.28. The molecule has 0 radical (unpaired) electrons. The van der Waals surface area contributed by atoms with Gasteiger partial charge in [-0.2, -0.15) is 0 Å². The van der Waals surface area contributed by atoms with E-state index in [4.69, 9.17) is 0 Å². The summed E-state index contributed by atoms with van der Waals surface area (Å²) >= 11 is 0. The lowest BCUT2D eigenvalue weighted by molar-refractivity contribution is 0.882. The van der Waals surface area contributed by atoms with Crippen LogP contribution in [0.15, 0.2) is 0 Å². The molecule has 0 nitrogen and oxygen atoms in total. The van der Waals surface area contributed by atoms with Gasteiger partial charge in [0.05, 0.1) is 7.44 Å². The lowest BCUT2D eigenvalue weighted by Gasteiger charge is -1.85. The molecule has 0 aromatic carbocycles. The summed E-state index contributed by atoms with van der Waals surface area (Å²) in [6, 6.07) is 1.55. The van der Waals surface area contributed by atoms with E-state index in [0.29, 0.717) is 9.39 Å². The lowest BCUT2D eigenvalue weighted by Crippen LogP contribution is -1.84. The van der Waals surface area contributed by atoms with Crippen molar-refractivity contribution in [1.29, 1.82) is 0 Å². The van der Waals surface area contributed by atoms with Crippen LogP contribution in [0, 0.1) is 0 Å². The summed E-state index contributed by atoms with van der Waals surface area (Å²) in [4.78, 5) is 0. The van der Waals surface area contributed by atoms with E-state index in [2.05, 4.69) is 14.4 Å². The summed E-state index contributed by atoms with van der Waals surface area (Å²) in [5.41, 5.74) is 0. The molecule has 6 heavy (non-hydrogen) atoms. The fourth-order valence-electron chi connectivity index (χ4n) is 0.500. The Morgan fingerprint density at radius 1 is 1.67 bits per heavy atom. The molecule has 0 amide bonds. The molecule has 0 bridgehead atoms. The average molecular weight is 100 g/mol. The molecule has 0 aromatic rings. The van der Waals surface area contributed by atoms with Gasteiger partial charge in [0.2, 0.25) is 0 Å². The predicted molar refractivity (Wildman–Crippen MR) is 36.8 cm³/mol. The second kappa shape index (κ2) is 5.28. The maximum absolute atomic E-state index is 2.37. The van der Waals surface area contributed by atoms with E-state index in [0.717, 1.165) is 0 Å². The summed E-state index contributed by atoms with van der Waals surface area (Å²) in [5.74, 6) is 0. The minimum Gasteiger partial charge on any atom is -0.0695 e.